The van der Waals surface area contributed by atoms with E-state index in [0.29, 0.717) is 46.2 Å². The van der Waals surface area contributed by atoms with Crippen LogP contribution in [0.3, 0.4) is 0 Å². The van der Waals surface area contributed by atoms with Crippen molar-refractivity contribution in [1.29, 1.82) is 0 Å². The Hall–Kier alpha value is -11.3. The van der Waals surface area contributed by atoms with Gasteiger partial charge in [-0.2, -0.15) is 0 Å². The SMILES string of the molecule is CC(=O)NCCCC[C@H](NC(=O)[C@](C)(CCCCN)CC(=O)[C@H](Cc1ccc2ccccc2c1)NC(=O)[C@@H](CC(=O)[C@H]1NC(=O)[C@H](CCCNC(N)=O)NC(=O)[C@H](Cc2c[nH]c3c(C)cccc23)NC(=O)[C@H]([C@@H](C)O)NC(=O)[C@H](CC(N)=O)NC(=O)[C@@H](NC(C)=O)C(C)(C)SSC1(C)C)Cc1ccc(OCCN)cc1)C(=O)C[C@@H](CC(N)=O)C(=O)NC(C)(C)C(C)=O. The topological polar surface area (TPSA) is 598 Å². The summed E-state index contributed by atoms with van der Waals surface area (Å²) < 4.78 is 2.66. The van der Waals surface area contributed by atoms with Crippen LogP contribution in [-0.4, -0.2) is 212 Å². The van der Waals surface area contributed by atoms with Gasteiger partial charge in [0.05, 0.1) is 41.5 Å². The Bertz CT molecular complexity index is 4790. The molecule has 127 heavy (non-hydrogen) atoms. The van der Waals surface area contributed by atoms with E-state index >= 15 is 28.8 Å². The van der Waals surface area contributed by atoms with Crippen LogP contribution in [0.2, 0.25) is 0 Å². The molecule has 0 aliphatic carbocycles. The van der Waals surface area contributed by atoms with Crippen molar-refractivity contribution in [2.45, 2.75) is 255 Å². The number of para-hydroxylation sites is 1. The number of aliphatic hydroxyl groups excluding tert-OH is 1. The van der Waals surface area contributed by atoms with E-state index < -0.39 is 213 Å². The van der Waals surface area contributed by atoms with E-state index in [1.807, 2.05) is 49.4 Å². The highest BCUT2D eigenvalue weighted by Gasteiger charge is 2.47. The van der Waals surface area contributed by atoms with E-state index in [2.05, 4.69) is 63.5 Å². The lowest BCUT2D eigenvalue weighted by atomic mass is 9.77. The first-order valence-electron chi connectivity index (χ1n) is 42.5. The molecular formula is C89H127N17O19S2. The lowest BCUT2D eigenvalue weighted by Gasteiger charge is -2.39. The first-order chi connectivity index (χ1) is 59.7. The van der Waals surface area contributed by atoms with Crippen LogP contribution in [0.4, 0.5) is 4.79 Å². The van der Waals surface area contributed by atoms with Crippen molar-refractivity contribution in [2.75, 3.05) is 32.8 Å². The lowest BCUT2D eigenvalue weighted by molar-refractivity contribution is -0.140. The van der Waals surface area contributed by atoms with E-state index in [1.165, 1.54) is 48.5 Å². The van der Waals surface area contributed by atoms with Gasteiger partial charge < -0.3 is 102 Å². The van der Waals surface area contributed by atoms with Crippen molar-refractivity contribution in [3.05, 3.63) is 113 Å². The average molecular weight is 1800 g/mol. The standard InChI is InChI=1S/C89H127N17O19S2/c1-49-21-19-24-62-60(48-97-73(49)62)42-66-80(119)99-64(26-20-37-96-85(94)124)79(118)105-75(87(8,9)126-127-88(10,11)76(98-53(5)110)83(122)102-67(46-72(93)115)81(120)104-74(50(2)107)82(121)101-66)69(112)44-58(39-54-28-31-61(32-29-54)125-38-35-91)77(116)100-65(41-55-27-30-56-22-13-14-23-57(56)40-55)70(113)47-89(12,33-16-17-34-90)84(123)103-63(25-15-18-36-95-52(4)109)68(111)43-59(45-71(92)114)78(117)106-86(6,7)51(3)108/h13-14,19,21-24,27-32,40,48,50,58-59,63-67,74-76,97,107H,15-18,20,25-26,33-39,41-47,90-91H2,1-12H3,(H2,92,114)(H2,93,115)(H,95,109)(H,98,110)(H,99,119)(H,100,116)(H,101,121)(H,102,122)(H,103,123)(H,104,120)(H,105,118)(H,106,117)(H3,94,96,124)/t50-,58-,59+,63+,64+,65+,66+,67+,74+,75-,76-,89-/m1/s1. The number of amides is 14. The molecule has 2 heterocycles. The van der Waals surface area contributed by atoms with Gasteiger partial charge in [0.1, 0.15) is 48.6 Å². The molecule has 1 aliphatic rings. The predicted molar refractivity (Wildman–Crippen MR) is 482 cm³/mol. The number of H-pyrrole nitrogens is 1. The second kappa shape index (κ2) is 48.5. The minimum absolute atomic E-state index is 0.0223. The summed E-state index contributed by atoms with van der Waals surface area (Å²) in [6.07, 6.45) is -3.73. The number of Topliss-reactive ketones (excluding diaryl/α,β-unsaturated/α-hetero) is 4. The first-order valence-corrected chi connectivity index (χ1v) is 44.7. The summed E-state index contributed by atoms with van der Waals surface area (Å²) >= 11 is 0. The van der Waals surface area contributed by atoms with Gasteiger partial charge in [-0.05, 0) is 172 Å². The Kier molecular flexibility index (Phi) is 39.9. The minimum atomic E-state index is -1.93. The highest BCUT2D eigenvalue weighted by Crippen LogP contribution is 2.47. The number of primary amides is 3. The van der Waals surface area contributed by atoms with Crippen molar-refractivity contribution >= 4 is 143 Å². The molecule has 0 bridgehead atoms. The number of aromatic amines is 1. The van der Waals surface area contributed by atoms with Gasteiger partial charge in [0.15, 0.2) is 23.1 Å². The van der Waals surface area contributed by atoms with Gasteiger partial charge in [-0.1, -0.05) is 108 Å². The zero-order chi connectivity index (χ0) is 94.4. The number of fused-ring (bicyclic) bond motifs is 2. The number of ketones is 4. The first kappa shape index (κ1) is 104. The maximum absolute atomic E-state index is 16.4. The summed E-state index contributed by atoms with van der Waals surface area (Å²) in [5, 5.41) is 42.8. The maximum Gasteiger partial charge on any atom is 0.312 e. The number of nitrogens with two attached hydrogens (primary N) is 5. The highest BCUT2D eigenvalue weighted by atomic mass is 33.1. The third-order valence-corrected chi connectivity index (χ3v) is 26.5. The van der Waals surface area contributed by atoms with E-state index in [1.54, 1.807) is 62.5 Å². The minimum Gasteiger partial charge on any atom is -0.492 e. The van der Waals surface area contributed by atoms with Crippen LogP contribution in [0.1, 0.15) is 182 Å². The number of hydrogen-bond acceptors (Lipinski definition) is 23. The summed E-state index contributed by atoms with van der Waals surface area (Å²) in [4.78, 5) is 247. The molecule has 1 aliphatic heterocycles. The van der Waals surface area contributed by atoms with Crippen molar-refractivity contribution in [2.24, 2.45) is 45.9 Å². The molecular weight excluding hydrogens is 1680 g/mol. The molecule has 12 atom stereocenters. The fourth-order valence-corrected chi connectivity index (χ4v) is 17.6. The van der Waals surface area contributed by atoms with Crippen LogP contribution >= 0.6 is 21.6 Å². The Morgan fingerprint density at radius 3 is 1.87 bits per heavy atom. The Balaban J connectivity index is 1.54. The molecule has 0 radical (unpaired) electrons. The molecule has 1 aromatic heterocycles. The van der Waals surface area contributed by atoms with Gasteiger partial charge in [0.2, 0.25) is 70.9 Å². The fourth-order valence-electron chi connectivity index (χ4n) is 14.7. The number of aromatic nitrogens is 1. The third kappa shape index (κ3) is 32.5. The normalized spacial score (nSPS) is 19.4. The van der Waals surface area contributed by atoms with Crippen LogP contribution in [0.15, 0.2) is 91.1 Å². The van der Waals surface area contributed by atoms with E-state index in [9.17, 15) is 57.8 Å². The van der Waals surface area contributed by atoms with Crippen LogP contribution in [-0.2, 0) is 96.0 Å². The molecule has 1 saturated heterocycles. The van der Waals surface area contributed by atoms with Gasteiger partial charge in [0, 0.05) is 98.1 Å². The Morgan fingerprint density at radius 1 is 0.598 bits per heavy atom. The molecule has 14 amide bonds. The number of ether oxygens (including phenoxy) is 1. The molecule has 38 heteroatoms. The molecule has 0 saturated carbocycles. The number of nitrogens with one attached hydrogen (secondary N) is 12. The second-order valence-electron chi connectivity index (χ2n) is 34.4. The smallest absolute Gasteiger partial charge is 0.312 e. The van der Waals surface area contributed by atoms with Gasteiger partial charge in [0.25, 0.3) is 0 Å². The molecule has 1 fully saturated rings. The zero-order valence-corrected chi connectivity index (χ0v) is 76.0. The number of unbranched alkanes of at least 4 members (excludes halogenated alkanes) is 2. The molecule has 5 aromatic rings. The van der Waals surface area contributed by atoms with Crippen molar-refractivity contribution in [1.82, 2.24) is 63.5 Å². The summed E-state index contributed by atoms with van der Waals surface area (Å²) in [5.74, 6) is -16.2. The van der Waals surface area contributed by atoms with Gasteiger partial charge in [-0.15, -0.1) is 0 Å². The van der Waals surface area contributed by atoms with E-state index in [0.717, 1.165) is 51.8 Å². The van der Waals surface area contributed by atoms with Crippen LogP contribution < -0.4 is 91.9 Å². The molecule has 694 valence electrons. The summed E-state index contributed by atoms with van der Waals surface area (Å²) in [6.45, 7) is 17.8. The summed E-state index contributed by atoms with van der Waals surface area (Å²) in [7, 11) is 1.87. The number of benzene rings is 4. The van der Waals surface area contributed by atoms with Crippen molar-refractivity contribution < 1.29 is 91.4 Å². The van der Waals surface area contributed by atoms with Gasteiger partial charge in [-0.3, -0.25) is 76.7 Å². The summed E-state index contributed by atoms with van der Waals surface area (Å²) in [6, 6.07) is 10.3. The number of carbonyl (C=O) groups excluding carboxylic acids is 17. The molecule has 36 nitrogen and oxygen atoms in total. The maximum atomic E-state index is 16.4. The predicted octanol–water partition coefficient (Wildman–Crippen LogP) is 2.46. The molecule has 23 N–H and O–H groups in total. The molecule has 0 spiro atoms. The van der Waals surface area contributed by atoms with Gasteiger partial charge >= 0.3 is 6.03 Å². The van der Waals surface area contributed by atoms with Crippen LogP contribution in [0, 0.1) is 24.2 Å². The molecule has 0 unspecified atom stereocenters. The number of aliphatic hydroxyl groups is 1. The number of carbonyl (C=O) groups is 17. The Labute approximate surface area is 747 Å². The van der Waals surface area contributed by atoms with Crippen LogP contribution in [0.25, 0.3) is 21.7 Å². The Morgan fingerprint density at radius 2 is 1.24 bits per heavy atom. The average Bonchev–Trinajstić information content (AvgIpc) is 1.58. The number of hydrogen-bond donors (Lipinski definition) is 18. The number of aryl methyl sites for hydroxylation is 1. The third-order valence-electron chi connectivity index (χ3n) is 22.3. The largest absolute Gasteiger partial charge is 0.492 e. The highest BCUT2D eigenvalue weighted by molar-refractivity contribution is 8.77. The zero-order valence-electron chi connectivity index (χ0n) is 74.4. The quantitative estimate of drug-likeness (QED) is 0.0197. The van der Waals surface area contributed by atoms with E-state index in [-0.39, 0.29) is 96.5 Å². The molecule has 6 rings (SSSR count). The molecule has 4 aromatic carbocycles. The summed E-state index contributed by atoms with van der Waals surface area (Å²) in [5.41, 5.74) is 28.4. The second-order valence-corrected chi connectivity index (χ2v) is 37.9. The van der Waals surface area contributed by atoms with Gasteiger partial charge in [-0.25, -0.2) is 4.79 Å². The van der Waals surface area contributed by atoms with E-state index in [4.69, 9.17) is 33.4 Å². The number of rotatable bonds is 44. The van der Waals surface area contributed by atoms with Crippen molar-refractivity contribution in [3.8, 4) is 5.75 Å². The number of urea groups is 1. The lowest BCUT2D eigenvalue weighted by Crippen LogP contribution is -2.63. The van der Waals surface area contributed by atoms with Crippen LogP contribution in [0.5, 0.6) is 5.75 Å². The van der Waals surface area contributed by atoms with Crippen molar-refractivity contribution in [3.63, 3.8) is 0 Å². The monoisotopic (exact) mass is 1800 g/mol. The fraction of sp³-hybridized carbons (Fsp3) is 0.539.